The van der Waals surface area contributed by atoms with Crippen molar-refractivity contribution in [3.05, 3.63) is 29.1 Å². The summed E-state index contributed by atoms with van der Waals surface area (Å²) in [5, 5.41) is 0. The SMILES string of the molecule is Cc1ccnc2c1CC(C#CC(F)(F)F)CC2. The molecule has 0 radical (unpaired) electrons. The summed E-state index contributed by atoms with van der Waals surface area (Å²) in [6, 6.07) is 1.89. The molecule has 0 aromatic carbocycles. The molecule has 17 heavy (non-hydrogen) atoms. The van der Waals surface area contributed by atoms with Crippen LogP contribution < -0.4 is 0 Å². The molecule has 0 fully saturated rings. The van der Waals surface area contributed by atoms with Crippen molar-refractivity contribution in [3.63, 3.8) is 0 Å². The van der Waals surface area contributed by atoms with Gasteiger partial charge in [0.25, 0.3) is 0 Å². The zero-order chi connectivity index (χ0) is 12.5. The number of halogens is 3. The van der Waals surface area contributed by atoms with E-state index in [1.165, 1.54) is 5.92 Å². The Bertz CT molecular complexity index is 480. The predicted octanol–water partition coefficient (Wildman–Crippen LogP) is 3.06. The number of hydrogen-bond acceptors (Lipinski definition) is 1. The van der Waals surface area contributed by atoms with Crippen molar-refractivity contribution in [2.45, 2.75) is 32.4 Å². The van der Waals surface area contributed by atoms with Crippen molar-refractivity contribution in [3.8, 4) is 11.8 Å². The van der Waals surface area contributed by atoms with E-state index in [0.717, 1.165) is 16.8 Å². The highest BCUT2D eigenvalue weighted by Crippen LogP contribution is 2.26. The maximum Gasteiger partial charge on any atom is 0.457 e. The number of alkyl halides is 3. The van der Waals surface area contributed by atoms with Crippen molar-refractivity contribution in [1.82, 2.24) is 4.98 Å². The van der Waals surface area contributed by atoms with Crippen LogP contribution in [-0.2, 0) is 12.8 Å². The van der Waals surface area contributed by atoms with Gasteiger partial charge in [0, 0.05) is 23.7 Å². The van der Waals surface area contributed by atoms with Gasteiger partial charge in [-0.05, 0) is 43.4 Å². The third-order valence-electron chi connectivity index (χ3n) is 2.98. The fourth-order valence-electron chi connectivity index (χ4n) is 2.11. The van der Waals surface area contributed by atoms with Gasteiger partial charge in [-0.1, -0.05) is 5.92 Å². The highest BCUT2D eigenvalue weighted by atomic mass is 19.4. The quantitative estimate of drug-likeness (QED) is 0.634. The lowest BCUT2D eigenvalue weighted by molar-refractivity contribution is -0.0698. The maximum absolute atomic E-state index is 12.0. The molecule has 1 aromatic rings. The summed E-state index contributed by atoms with van der Waals surface area (Å²) in [5.74, 6) is 3.50. The smallest absolute Gasteiger partial charge is 0.261 e. The van der Waals surface area contributed by atoms with Crippen LogP contribution in [0.5, 0.6) is 0 Å². The monoisotopic (exact) mass is 239 g/mol. The van der Waals surface area contributed by atoms with Crippen LogP contribution in [0, 0.1) is 24.7 Å². The van der Waals surface area contributed by atoms with E-state index in [9.17, 15) is 13.2 Å². The van der Waals surface area contributed by atoms with Gasteiger partial charge in [-0.2, -0.15) is 13.2 Å². The van der Waals surface area contributed by atoms with E-state index >= 15 is 0 Å². The van der Waals surface area contributed by atoms with E-state index in [4.69, 9.17) is 0 Å². The van der Waals surface area contributed by atoms with Crippen LogP contribution in [0.25, 0.3) is 0 Å². The fourth-order valence-corrected chi connectivity index (χ4v) is 2.11. The van der Waals surface area contributed by atoms with Gasteiger partial charge in [-0.15, -0.1) is 0 Å². The van der Waals surface area contributed by atoms with Crippen LogP contribution in [0.1, 0.15) is 23.2 Å². The van der Waals surface area contributed by atoms with Gasteiger partial charge in [-0.25, -0.2) is 0 Å². The third-order valence-corrected chi connectivity index (χ3v) is 2.98. The largest absolute Gasteiger partial charge is 0.457 e. The first kappa shape index (κ1) is 12.0. The summed E-state index contributed by atoms with van der Waals surface area (Å²) in [4.78, 5) is 4.25. The van der Waals surface area contributed by atoms with Gasteiger partial charge >= 0.3 is 6.18 Å². The average Bonchev–Trinajstić information content (AvgIpc) is 2.26. The third kappa shape index (κ3) is 3.00. The molecule has 1 aliphatic rings. The molecule has 1 aliphatic carbocycles. The predicted molar refractivity (Wildman–Crippen MR) is 58.3 cm³/mol. The Balaban J connectivity index is 2.18. The van der Waals surface area contributed by atoms with Gasteiger partial charge < -0.3 is 0 Å². The average molecular weight is 239 g/mol. The fraction of sp³-hybridized carbons (Fsp3) is 0.462. The van der Waals surface area contributed by atoms with Crippen molar-refractivity contribution in [1.29, 1.82) is 0 Å². The van der Waals surface area contributed by atoms with E-state index in [2.05, 4.69) is 10.9 Å². The first-order valence-corrected chi connectivity index (χ1v) is 5.48. The number of rotatable bonds is 0. The number of fused-ring (bicyclic) bond motifs is 1. The molecule has 0 spiro atoms. The van der Waals surface area contributed by atoms with Crippen molar-refractivity contribution >= 4 is 0 Å². The second-order valence-corrected chi connectivity index (χ2v) is 4.26. The van der Waals surface area contributed by atoms with E-state index in [1.807, 2.05) is 13.0 Å². The summed E-state index contributed by atoms with van der Waals surface area (Å²) >= 11 is 0. The van der Waals surface area contributed by atoms with Crippen LogP contribution in [0.4, 0.5) is 13.2 Å². The minimum Gasteiger partial charge on any atom is -0.261 e. The van der Waals surface area contributed by atoms with Crippen molar-refractivity contribution in [2.24, 2.45) is 5.92 Å². The minimum absolute atomic E-state index is 0.202. The molecule has 1 atom stereocenters. The van der Waals surface area contributed by atoms with Gasteiger partial charge in [0.15, 0.2) is 0 Å². The van der Waals surface area contributed by atoms with E-state index in [1.54, 1.807) is 6.20 Å². The Morgan fingerprint density at radius 1 is 1.41 bits per heavy atom. The van der Waals surface area contributed by atoms with Gasteiger partial charge in [-0.3, -0.25) is 4.98 Å². The molecule has 1 aromatic heterocycles. The first-order valence-electron chi connectivity index (χ1n) is 5.48. The normalized spacial score (nSPS) is 19.2. The molecule has 1 heterocycles. The molecule has 1 unspecified atom stereocenters. The van der Waals surface area contributed by atoms with E-state index in [-0.39, 0.29) is 5.92 Å². The maximum atomic E-state index is 12.0. The van der Waals surface area contributed by atoms with Gasteiger partial charge in [0.05, 0.1) is 0 Å². The topological polar surface area (TPSA) is 12.9 Å². The Morgan fingerprint density at radius 2 is 2.18 bits per heavy atom. The summed E-state index contributed by atoms with van der Waals surface area (Å²) in [7, 11) is 0. The molecule has 0 aliphatic heterocycles. The Morgan fingerprint density at radius 3 is 2.88 bits per heavy atom. The van der Waals surface area contributed by atoms with Crippen LogP contribution >= 0.6 is 0 Å². The molecule has 0 saturated carbocycles. The standard InChI is InChI=1S/C13H12F3N/c1-9-5-7-17-12-3-2-10(8-11(9)12)4-6-13(14,15)16/h5,7,10H,2-3,8H2,1H3. The summed E-state index contributed by atoms with van der Waals surface area (Å²) in [6.07, 6.45) is -0.682. The lowest BCUT2D eigenvalue weighted by atomic mass is 9.85. The molecular formula is C13H12F3N. The molecule has 90 valence electrons. The Labute approximate surface area is 98.1 Å². The van der Waals surface area contributed by atoms with Crippen LogP contribution in [0.3, 0.4) is 0 Å². The summed E-state index contributed by atoms with van der Waals surface area (Å²) < 4.78 is 36.0. The lowest BCUT2D eigenvalue weighted by Gasteiger charge is -2.21. The minimum atomic E-state index is -4.38. The van der Waals surface area contributed by atoms with Crippen molar-refractivity contribution < 1.29 is 13.2 Å². The number of aryl methyl sites for hydroxylation is 2. The lowest BCUT2D eigenvalue weighted by Crippen LogP contribution is -2.16. The number of nitrogens with zero attached hydrogens (tertiary/aromatic N) is 1. The number of pyridine rings is 1. The molecule has 0 saturated heterocycles. The number of hydrogen-bond donors (Lipinski definition) is 0. The van der Waals surface area contributed by atoms with Crippen LogP contribution in [0.2, 0.25) is 0 Å². The molecular weight excluding hydrogens is 227 g/mol. The summed E-state index contributed by atoms with van der Waals surface area (Å²) in [5.41, 5.74) is 3.17. The molecule has 0 bridgehead atoms. The Kier molecular flexibility index (Phi) is 3.10. The molecule has 0 N–H and O–H groups in total. The second kappa shape index (κ2) is 4.40. The highest BCUT2D eigenvalue weighted by Gasteiger charge is 2.25. The molecule has 1 nitrogen and oxygen atoms in total. The molecule has 4 heteroatoms. The zero-order valence-corrected chi connectivity index (χ0v) is 9.43. The summed E-state index contributed by atoms with van der Waals surface area (Å²) in [6.45, 7) is 1.96. The van der Waals surface area contributed by atoms with E-state index < -0.39 is 6.18 Å². The van der Waals surface area contributed by atoms with Crippen molar-refractivity contribution in [2.75, 3.05) is 0 Å². The first-order chi connectivity index (χ1) is 7.96. The highest BCUT2D eigenvalue weighted by molar-refractivity contribution is 5.33. The second-order valence-electron chi connectivity index (χ2n) is 4.26. The van der Waals surface area contributed by atoms with Gasteiger partial charge in [0.1, 0.15) is 0 Å². The van der Waals surface area contributed by atoms with Gasteiger partial charge in [0.2, 0.25) is 0 Å². The van der Waals surface area contributed by atoms with E-state index in [0.29, 0.717) is 19.3 Å². The molecule has 0 amide bonds. The van der Waals surface area contributed by atoms with Crippen LogP contribution in [-0.4, -0.2) is 11.2 Å². The number of aromatic nitrogens is 1. The Hall–Kier alpha value is -1.50. The zero-order valence-electron chi connectivity index (χ0n) is 9.43. The molecule has 2 rings (SSSR count). The van der Waals surface area contributed by atoms with Crippen LogP contribution in [0.15, 0.2) is 12.3 Å².